The molecule has 1 aromatic heterocycles. The zero-order valence-electron chi connectivity index (χ0n) is 10.8. The number of nitrogens with zero attached hydrogens (tertiary/aromatic N) is 1. The Morgan fingerprint density at radius 1 is 1.37 bits per heavy atom. The van der Waals surface area contributed by atoms with E-state index < -0.39 is 0 Å². The van der Waals surface area contributed by atoms with Gasteiger partial charge in [0.15, 0.2) is 0 Å². The second-order valence-electron chi connectivity index (χ2n) is 5.12. The fraction of sp³-hybridized carbons (Fsp3) is 0.333. The van der Waals surface area contributed by atoms with Crippen LogP contribution in [0.2, 0.25) is 0 Å². The SMILES string of the molecule is Cc1cc2c(n1-c1ccc(Br)c(F)c1)CCCC2N. The first-order chi connectivity index (χ1) is 9.08. The summed E-state index contributed by atoms with van der Waals surface area (Å²) in [6, 6.07) is 7.50. The minimum Gasteiger partial charge on any atom is -0.324 e. The molecule has 2 N–H and O–H groups in total. The van der Waals surface area contributed by atoms with E-state index in [4.69, 9.17) is 5.73 Å². The van der Waals surface area contributed by atoms with Crippen LogP contribution in [0.3, 0.4) is 0 Å². The smallest absolute Gasteiger partial charge is 0.139 e. The third kappa shape index (κ3) is 2.13. The zero-order valence-corrected chi connectivity index (χ0v) is 12.4. The number of fused-ring (bicyclic) bond motifs is 1. The molecule has 2 aromatic rings. The second kappa shape index (κ2) is 4.76. The molecule has 4 heteroatoms. The molecule has 1 unspecified atom stereocenters. The van der Waals surface area contributed by atoms with Gasteiger partial charge < -0.3 is 10.3 Å². The maximum absolute atomic E-state index is 13.7. The molecule has 0 saturated heterocycles. The summed E-state index contributed by atoms with van der Waals surface area (Å²) in [6.07, 6.45) is 3.14. The van der Waals surface area contributed by atoms with Gasteiger partial charge in [0, 0.05) is 23.1 Å². The molecule has 1 heterocycles. The fourth-order valence-corrected chi connectivity index (χ4v) is 3.17. The van der Waals surface area contributed by atoms with E-state index >= 15 is 0 Å². The summed E-state index contributed by atoms with van der Waals surface area (Å²) in [7, 11) is 0. The van der Waals surface area contributed by atoms with E-state index in [2.05, 4.69) is 26.6 Å². The van der Waals surface area contributed by atoms with Gasteiger partial charge in [0.2, 0.25) is 0 Å². The van der Waals surface area contributed by atoms with Crippen LogP contribution in [0.5, 0.6) is 0 Å². The van der Waals surface area contributed by atoms with Crippen molar-refractivity contribution in [1.82, 2.24) is 4.57 Å². The Morgan fingerprint density at radius 3 is 2.89 bits per heavy atom. The van der Waals surface area contributed by atoms with Crippen LogP contribution in [0.1, 0.15) is 35.8 Å². The Bertz CT molecular complexity index is 633. The molecule has 0 amide bonds. The summed E-state index contributed by atoms with van der Waals surface area (Å²) in [6.45, 7) is 2.05. The van der Waals surface area contributed by atoms with Gasteiger partial charge in [-0.3, -0.25) is 0 Å². The molecule has 0 spiro atoms. The summed E-state index contributed by atoms with van der Waals surface area (Å²) in [5.41, 5.74) is 10.6. The van der Waals surface area contributed by atoms with Gasteiger partial charge in [-0.1, -0.05) is 0 Å². The Kier molecular flexibility index (Phi) is 3.23. The third-order valence-corrected chi connectivity index (χ3v) is 4.45. The first-order valence-corrected chi connectivity index (χ1v) is 7.29. The van der Waals surface area contributed by atoms with Crippen molar-refractivity contribution in [2.24, 2.45) is 5.73 Å². The lowest BCUT2D eigenvalue weighted by molar-refractivity contribution is 0.559. The first kappa shape index (κ1) is 12.9. The molecular formula is C15H16BrFN2. The van der Waals surface area contributed by atoms with Crippen molar-refractivity contribution < 1.29 is 4.39 Å². The van der Waals surface area contributed by atoms with Crippen molar-refractivity contribution in [2.75, 3.05) is 0 Å². The number of aryl methyl sites for hydroxylation is 1. The van der Waals surface area contributed by atoms with Gasteiger partial charge in [-0.2, -0.15) is 0 Å². The third-order valence-electron chi connectivity index (χ3n) is 3.81. The zero-order chi connectivity index (χ0) is 13.6. The van der Waals surface area contributed by atoms with Crippen LogP contribution < -0.4 is 5.73 Å². The summed E-state index contributed by atoms with van der Waals surface area (Å²) >= 11 is 3.19. The molecule has 1 aliphatic rings. The van der Waals surface area contributed by atoms with Crippen molar-refractivity contribution in [3.05, 3.63) is 51.5 Å². The predicted octanol–water partition coefficient (Wildman–Crippen LogP) is 4.02. The van der Waals surface area contributed by atoms with Crippen LogP contribution in [-0.4, -0.2) is 4.57 Å². The van der Waals surface area contributed by atoms with Crippen molar-refractivity contribution in [3.63, 3.8) is 0 Å². The highest BCUT2D eigenvalue weighted by atomic mass is 79.9. The summed E-state index contributed by atoms with van der Waals surface area (Å²) in [5.74, 6) is -0.237. The molecular weight excluding hydrogens is 307 g/mol. The fourth-order valence-electron chi connectivity index (χ4n) is 2.92. The molecule has 100 valence electrons. The van der Waals surface area contributed by atoms with Crippen LogP contribution in [0, 0.1) is 12.7 Å². The van der Waals surface area contributed by atoms with Crippen molar-refractivity contribution >= 4 is 15.9 Å². The number of hydrogen-bond donors (Lipinski definition) is 1. The van der Waals surface area contributed by atoms with Crippen molar-refractivity contribution in [3.8, 4) is 5.69 Å². The van der Waals surface area contributed by atoms with Crippen LogP contribution in [0.15, 0.2) is 28.7 Å². The molecule has 0 saturated carbocycles. The molecule has 1 aromatic carbocycles. The molecule has 2 nitrogen and oxygen atoms in total. The van der Waals surface area contributed by atoms with Crippen molar-refractivity contribution in [1.29, 1.82) is 0 Å². The van der Waals surface area contributed by atoms with Gasteiger partial charge in [-0.05, 0) is 71.9 Å². The van der Waals surface area contributed by atoms with E-state index in [0.29, 0.717) is 4.47 Å². The Balaban J connectivity index is 2.17. The maximum atomic E-state index is 13.7. The summed E-state index contributed by atoms with van der Waals surface area (Å²) in [4.78, 5) is 0. The topological polar surface area (TPSA) is 30.9 Å². The highest BCUT2D eigenvalue weighted by Gasteiger charge is 2.22. The van der Waals surface area contributed by atoms with E-state index in [1.165, 1.54) is 11.3 Å². The van der Waals surface area contributed by atoms with E-state index in [1.807, 2.05) is 13.0 Å². The van der Waals surface area contributed by atoms with Gasteiger partial charge in [0.25, 0.3) is 0 Å². The lowest BCUT2D eigenvalue weighted by Gasteiger charge is -2.21. The highest BCUT2D eigenvalue weighted by molar-refractivity contribution is 9.10. The normalized spacial score (nSPS) is 18.4. The molecule has 3 rings (SSSR count). The number of halogens is 2. The van der Waals surface area contributed by atoms with E-state index in [1.54, 1.807) is 12.1 Å². The van der Waals surface area contributed by atoms with Crippen LogP contribution in [-0.2, 0) is 6.42 Å². The monoisotopic (exact) mass is 322 g/mol. The number of nitrogens with two attached hydrogens (primary N) is 1. The second-order valence-corrected chi connectivity index (χ2v) is 5.97. The number of benzene rings is 1. The molecule has 19 heavy (non-hydrogen) atoms. The number of rotatable bonds is 1. The van der Waals surface area contributed by atoms with E-state index in [9.17, 15) is 4.39 Å². The van der Waals surface area contributed by atoms with Gasteiger partial charge in [-0.25, -0.2) is 4.39 Å². The average molecular weight is 323 g/mol. The molecule has 1 aliphatic carbocycles. The number of hydrogen-bond acceptors (Lipinski definition) is 1. The van der Waals surface area contributed by atoms with Crippen LogP contribution >= 0.6 is 15.9 Å². The van der Waals surface area contributed by atoms with Crippen LogP contribution in [0.4, 0.5) is 4.39 Å². The van der Waals surface area contributed by atoms with Crippen molar-refractivity contribution in [2.45, 2.75) is 32.2 Å². The van der Waals surface area contributed by atoms with Gasteiger partial charge >= 0.3 is 0 Å². The Morgan fingerprint density at radius 2 is 2.16 bits per heavy atom. The number of aromatic nitrogens is 1. The highest BCUT2D eigenvalue weighted by Crippen LogP contribution is 2.33. The molecule has 1 atom stereocenters. The average Bonchev–Trinajstić information content (AvgIpc) is 2.71. The van der Waals surface area contributed by atoms with Gasteiger partial charge in [-0.15, -0.1) is 0 Å². The lowest BCUT2D eigenvalue weighted by atomic mass is 9.93. The first-order valence-electron chi connectivity index (χ1n) is 6.50. The van der Waals surface area contributed by atoms with E-state index in [0.717, 1.165) is 30.6 Å². The summed E-state index contributed by atoms with van der Waals surface area (Å²) in [5, 5.41) is 0. The quantitative estimate of drug-likeness (QED) is 0.844. The van der Waals surface area contributed by atoms with Crippen LogP contribution in [0.25, 0.3) is 5.69 Å². The summed E-state index contributed by atoms with van der Waals surface area (Å²) < 4.78 is 16.3. The molecule has 0 radical (unpaired) electrons. The minimum atomic E-state index is -0.237. The predicted molar refractivity (Wildman–Crippen MR) is 78.0 cm³/mol. The molecule has 0 fully saturated rings. The minimum absolute atomic E-state index is 0.115. The van der Waals surface area contributed by atoms with Gasteiger partial charge in [0.1, 0.15) is 5.82 Å². The van der Waals surface area contributed by atoms with Gasteiger partial charge in [0.05, 0.1) is 4.47 Å². The molecule has 0 bridgehead atoms. The largest absolute Gasteiger partial charge is 0.324 e. The Labute approximate surface area is 120 Å². The Hall–Kier alpha value is -1.13. The standard InChI is InChI=1S/C15H16BrFN2/c1-9-7-11-14(18)3-2-4-15(11)19(9)10-5-6-12(16)13(17)8-10/h5-8,14H,2-4,18H2,1H3. The van der Waals surface area contributed by atoms with E-state index in [-0.39, 0.29) is 11.9 Å². The lowest BCUT2D eigenvalue weighted by Crippen LogP contribution is -2.18. The maximum Gasteiger partial charge on any atom is 0.139 e. The molecule has 0 aliphatic heterocycles.